The summed E-state index contributed by atoms with van der Waals surface area (Å²) in [5.41, 5.74) is -0.0795. The van der Waals surface area contributed by atoms with Gasteiger partial charge in [-0.3, -0.25) is 5.32 Å². The monoisotopic (exact) mass is 300 g/mol. The first-order chi connectivity index (χ1) is 9.90. The number of nitrogens with one attached hydrogen (secondary N) is 2. The lowest BCUT2D eigenvalue weighted by Gasteiger charge is -2.06. The topological polar surface area (TPSA) is 54.1 Å². The summed E-state index contributed by atoms with van der Waals surface area (Å²) < 4.78 is 42.7. The van der Waals surface area contributed by atoms with Crippen molar-refractivity contribution in [1.82, 2.24) is 4.98 Å². The van der Waals surface area contributed by atoms with Crippen molar-refractivity contribution in [2.24, 2.45) is 0 Å². The number of unbranched alkanes of at least 4 members (excludes halogenated alkanes) is 1. The first kappa shape index (κ1) is 15.2. The van der Waals surface area contributed by atoms with Crippen molar-refractivity contribution in [2.45, 2.75) is 25.9 Å². The second kappa shape index (κ2) is 6.07. The normalized spacial score (nSPS) is 11.6. The molecule has 0 fully saturated rings. The molecule has 4 nitrogen and oxygen atoms in total. The van der Waals surface area contributed by atoms with Gasteiger partial charge in [0.15, 0.2) is 0 Å². The third-order valence-corrected chi connectivity index (χ3v) is 2.90. The van der Waals surface area contributed by atoms with Crippen LogP contribution < -0.4 is 5.32 Å². The summed E-state index contributed by atoms with van der Waals surface area (Å²) in [7, 11) is 0. The quantitative estimate of drug-likeness (QED) is 0.815. The van der Waals surface area contributed by atoms with Gasteiger partial charge in [-0.1, -0.05) is 13.3 Å². The number of carbonyl (C=O) groups is 1. The highest BCUT2D eigenvalue weighted by Crippen LogP contribution is 2.31. The SMILES string of the molecule is CCCCOC(=O)Nc1ccc2[nH]c(C(F)(F)F)cc2c1. The Bertz CT molecular complexity index is 635. The van der Waals surface area contributed by atoms with Gasteiger partial charge >= 0.3 is 12.3 Å². The molecule has 0 unspecified atom stereocenters. The zero-order valence-electron chi connectivity index (χ0n) is 11.4. The van der Waals surface area contributed by atoms with Gasteiger partial charge < -0.3 is 9.72 Å². The fraction of sp³-hybridized carbons (Fsp3) is 0.357. The van der Waals surface area contributed by atoms with Crippen LogP contribution in [0.2, 0.25) is 0 Å². The van der Waals surface area contributed by atoms with Crippen molar-refractivity contribution in [2.75, 3.05) is 11.9 Å². The van der Waals surface area contributed by atoms with E-state index in [1.807, 2.05) is 6.92 Å². The number of hydrogen-bond acceptors (Lipinski definition) is 2. The maximum Gasteiger partial charge on any atom is 0.431 e. The van der Waals surface area contributed by atoms with E-state index in [1.54, 1.807) is 0 Å². The average molecular weight is 300 g/mol. The Morgan fingerprint density at radius 3 is 2.76 bits per heavy atom. The Hall–Kier alpha value is -2.18. The molecule has 0 aliphatic heterocycles. The molecule has 1 heterocycles. The van der Waals surface area contributed by atoms with E-state index < -0.39 is 18.0 Å². The molecule has 0 aliphatic rings. The summed E-state index contributed by atoms with van der Waals surface area (Å²) in [6.07, 6.45) is -3.37. The minimum absolute atomic E-state index is 0.312. The van der Waals surface area contributed by atoms with Crippen molar-refractivity contribution in [3.05, 3.63) is 30.0 Å². The van der Waals surface area contributed by atoms with E-state index in [0.717, 1.165) is 18.9 Å². The molecule has 0 saturated heterocycles. The number of amides is 1. The van der Waals surface area contributed by atoms with E-state index in [4.69, 9.17) is 4.74 Å². The second-order valence-corrected chi connectivity index (χ2v) is 4.60. The predicted octanol–water partition coefficient (Wildman–Crippen LogP) is 4.54. The molecule has 0 atom stereocenters. The zero-order valence-corrected chi connectivity index (χ0v) is 11.4. The van der Waals surface area contributed by atoms with E-state index in [-0.39, 0.29) is 0 Å². The molecule has 0 bridgehead atoms. The molecule has 1 aromatic carbocycles. The van der Waals surface area contributed by atoms with Crippen LogP contribution in [-0.2, 0) is 10.9 Å². The van der Waals surface area contributed by atoms with E-state index in [0.29, 0.717) is 23.2 Å². The number of hydrogen-bond donors (Lipinski definition) is 2. The van der Waals surface area contributed by atoms with Crippen molar-refractivity contribution in [3.63, 3.8) is 0 Å². The predicted molar refractivity (Wildman–Crippen MR) is 73.2 cm³/mol. The molecule has 1 aromatic heterocycles. The number of aromatic amines is 1. The van der Waals surface area contributed by atoms with Gasteiger partial charge in [-0.15, -0.1) is 0 Å². The van der Waals surface area contributed by atoms with Crippen LogP contribution in [0.5, 0.6) is 0 Å². The second-order valence-electron chi connectivity index (χ2n) is 4.60. The average Bonchev–Trinajstić information content (AvgIpc) is 2.82. The molecule has 1 amide bonds. The highest BCUT2D eigenvalue weighted by molar-refractivity contribution is 5.90. The highest BCUT2D eigenvalue weighted by Gasteiger charge is 2.32. The molecule has 2 N–H and O–H groups in total. The third-order valence-electron chi connectivity index (χ3n) is 2.90. The molecule has 0 aliphatic carbocycles. The van der Waals surface area contributed by atoms with Crippen LogP contribution in [0.3, 0.4) is 0 Å². The van der Waals surface area contributed by atoms with Gasteiger partial charge in [0.2, 0.25) is 0 Å². The summed E-state index contributed by atoms with van der Waals surface area (Å²) in [4.78, 5) is 13.8. The number of aromatic nitrogens is 1. The van der Waals surface area contributed by atoms with Gasteiger partial charge in [0.25, 0.3) is 0 Å². The standard InChI is InChI=1S/C14H15F3N2O2/c1-2-3-6-21-13(20)18-10-4-5-11-9(7-10)8-12(19-11)14(15,16)17/h4-5,7-8,19H,2-3,6H2,1H3,(H,18,20). The van der Waals surface area contributed by atoms with Crippen LogP contribution in [0, 0.1) is 0 Å². The number of carbonyl (C=O) groups excluding carboxylic acids is 1. The first-order valence-corrected chi connectivity index (χ1v) is 6.54. The van der Waals surface area contributed by atoms with E-state index in [1.165, 1.54) is 18.2 Å². The first-order valence-electron chi connectivity index (χ1n) is 6.54. The van der Waals surface area contributed by atoms with E-state index in [2.05, 4.69) is 10.3 Å². The molecule has 21 heavy (non-hydrogen) atoms. The molecule has 0 saturated carbocycles. The Labute approximate surface area is 119 Å². The van der Waals surface area contributed by atoms with Crippen molar-refractivity contribution in [3.8, 4) is 0 Å². The Kier molecular flexibility index (Phi) is 4.40. The van der Waals surface area contributed by atoms with Crippen molar-refractivity contribution in [1.29, 1.82) is 0 Å². The van der Waals surface area contributed by atoms with Gasteiger partial charge in [-0.05, 0) is 30.7 Å². The summed E-state index contributed by atoms with van der Waals surface area (Å²) in [5, 5.41) is 2.85. The summed E-state index contributed by atoms with van der Waals surface area (Å²) in [6.45, 7) is 2.28. The minimum Gasteiger partial charge on any atom is -0.449 e. The molecular formula is C14H15F3N2O2. The number of benzene rings is 1. The van der Waals surface area contributed by atoms with E-state index >= 15 is 0 Å². The summed E-state index contributed by atoms with van der Waals surface area (Å²) in [5.74, 6) is 0. The Balaban J connectivity index is 2.10. The number of ether oxygens (including phenoxy) is 1. The molecule has 0 spiro atoms. The van der Waals surface area contributed by atoms with Gasteiger partial charge in [-0.2, -0.15) is 13.2 Å². The lowest BCUT2D eigenvalue weighted by molar-refractivity contribution is -0.140. The van der Waals surface area contributed by atoms with Gasteiger partial charge in [0, 0.05) is 16.6 Å². The molecular weight excluding hydrogens is 285 g/mol. The highest BCUT2D eigenvalue weighted by atomic mass is 19.4. The number of rotatable bonds is 4. The van der Waals surface area contributed by atoms with Crippen LogP contribution in [-0.4, -0.2) is 17.7 Å². The van der Waals surface area contributed by atoms with Gasteiger partial charge in [-0.25, -0.2) is 4.79 Å². The lowest BCUT2D eigenvalue weighted by Crippen LogP contribution is -2.14. The number of H-pyrrole nitrogens is 1. The zero-order chi connectivity index (χ0) is 15.5. The smallest absolute Gasteiger partial charge is 0.431 e. The van der Waals surface area contributed by atoms with E-state index in [9.17, 15) is 18.0 Å². The molecule has 7 heteroatoms. The molecule has 0 radical (unpaired) electrons. The molecule has 2 aromatic rings. The molecule has 114 valence electrons. The summed E-state index contributed by atoms with van der Waals surface area (Å²) in [6, 6.07) is 5.46. The van der Waals surface area contributed by atoms with Crippen LogP contribution >= 0.6 is 0 Å². The van der Waals surface area contributed by atoms with Crippen LogP contribution in [0.25, 0.3) is 10.9 Å². The minimum atomic E-state index is -4.42. The van der Waals surface area contributed by atoms with Gasteiger partial charge in [0.1, 0.15) is 5.69 Å². The van der Waals surface area contributed by atoms with Crippen molar-refractivity contribution < 1.29 is 22.7 Å². The Morgan fingerprint density at radius 2 is 2.10 bits per heavy atom. The maximum absolute atomic E-state index is 12.6. The lowest BCUT2D eigenvalue weighted by atomic mass is 10.2. The van der Waals surface area contributed by atoms with Crippen molar-refractivity contribution >= 4 is 22.7 Å². The Morgan fingerprint density at radius 1 is 1.33 bits per heavy atom. The van der Waals surface area contributed by atoms with Crippen LogP contribution in [0.4, 0.5) is 23.7 Å². The van der Waals surface area contributed by atoms with Crippen LogP contribution in [0.15, 0.2) is 24.3 Å². The third kappa shape index (κ3) is 3.90. The van der Waals surface area contributed by atoms with Gasteiger partial charge in [0.05, 0.1) is 6.61 Å². The number of halogens is 3. The van der Waals surface area contributed by atoms with Crippen LogP contribution in [0.1, 0.15) is 25.5 Å². The fourth-order valence-corrected chi connectivity index (χ4v) is 1.83. The number of alkyl halides is 3. The summed E-state index contributed by atoms with van der Waals surface area (Å²) >= 11 is 0. The fourth-order valence-electron chi connectivity index (χ4n) is 1.83. The largest absolute Gasteiger partial charge is 0.449 e. The number of fused-ring (bicyclic) bond motifs is 1. The molecule has 2 rings (SSSR count). The maximum atomic E-state index is 12.6. The number of anilines is 1.